The fourth-order valence-corrected chi connectivity index (χ4v) is 2.78. The zero-order chi connectivity index (χ0) is 19.0. The smallest absolute Gasteiger partial charge is 0.410 e. The number of rotatable bonds is 2. The van der Waals surface area contributed by atoms with Crippen molar-refractivity contribution in [2.24, 2.45) is 0 Å². The van der Waals surface area contributed by atoms with E-state index in [1.54, 1.807) is 27.7 Å². The summed E-state index contributed by atoms with van der Waals surface area (Å²) in [4.78, 5) is 32.8. The number of alkyl halides is 2. The number of Topliss-reactive ketones (excluding diaryl/α,β-unsaturated/α-hetero) is 1. The van der Waals surface area contributed by atoms with E-state index in [1.807, 2.05) is 0 Å². The van der Waals surface area contributed by atoms with Gasteiger partial charge >= 0.3 is 6.09 Å². The molecule has 0 aromatic carbocycles. The molecule has 1 amide bonds. The predicted molar refractivity (Wildman–Crippen MR) is 86.9 cm³/mol. The van der Waals surface area contributed by atoms with Crippen molar-refractivity contribution in [3.8, 4) is 0 Å². The maximum Gasteiger partial charge on any atom is 0.410 e. The van der Waals surface area contributed by atoms with E-state index in [0.717, 1.165) is 4.90 Å². The fraction of sp³-hybridized carbons (Fsp3) is 0.647. The topological polar surface area (TPSA) is 72.4 Å². The van der Waals surface area contributed by atoms with E-state index in [0.29, 0.717) is 5.82 Å². The molecule has 0 saturated carbocycles. The maximum absolute atomic E-state index is 14.8. The van der Waals surface area contributed by atoms with Crippen LogP contribution in [0.1, 0.15) is 61.9 Å². The van der Waals surface area contributed by atoms with Crippen LogP contribution < -0.4 is 0 Å². The van der Waals surface area contributed by atoms with E-state index in [2.05, 4.69) is 9.97 Å². The second-order valence-corrected chi connectivity index (χ2v) is 7.28. The Labute approximate surface area is 145 Å². The molecule has 1 atom stereocenters. The van der Waals surface area contributed by atoms with Crippen LogP contribution in [-0.2, 0) is 4.74 Å². The fourth-order valence-electron chi connectivity index (χ4n) is 2.78. The summed E-state index contributed by atoms with van der Waals surface area (Å²) >= 11 is 0. The van der Waals surface area contributed by atoms with Crippen LogP contribution in [0.3, 0.4) is 0 Å². The minimum Gasteiger partial charge on any atom is -0.444 e. The minimum absolute atomic E-state index is 0.0109. The SMILES string of the molecule is CC(=O)c1cnc(C)nc1C1CCN(C(=O)OC(C)(C)C)CC1(F)F. The molecular formula is C17H23F2N3O3. The van der Waals surface area contributed by atoms with Gasteiger partial charge < -0.3 is 9.64 Å². The lowest BCUT2D eigenvalue weighted by molar-refractivity contribution is -0.0859. The van der Waals surface area contributed by atoms with E-state index in [-0.39, 0.29) is 30.0 Å². The molecule has 1 saturated heterocycles. The third-order valence-electron chi connectivity index (χ3n) is 3.90. The average Bonchev–Trinajstić information content (AvgIpc) is 2.43. The van der Waals surface area contributed by atoms with Gasteiger partial charge in [0, 0.05) is 12.7 Å². The van der Waals surface area contributed by atoms with Gasteiger partial charge in [0.1, 0.15) is 11.4 Å². The molecule has 1 aromatic heterocycles. The third kappa shape index (κ3) is 4.49. The van der Waals surface area contributed by atoms with Gasteiger partial charge in [0.25, 0.3) is 5.92 Å². The van der Waals surface area contributed by atoms with Crippen molar-refractivity contribution in [2.45, 2.75) is 58.5 Å². The quantitative estimate of drug-likeness (QED) is 0.761. The highest BCUT2D eigenvalue weighted by Crippen LogP contribution is 2.41. The van der Waals surface area contributed by atoms with Gasteiger partial charge in [0.15, 0.2) is 5.78 Å². The number of ketones is 1. The van der Waals surface area contributed by atoms with Gasteiger partial charge in [0.2, 0.25) is 0 Å². The minimum atomic E-state index is -3.22. The summed E-state index contributed by atoms with van der Waals surface area (Å²) in [5, 5.41) is 0. The highest BCUT2D eigenvalue weighted by molar-refractivity contribution is 5.95. The van der Waals surface area contributed by atoms with Crippen molar-refractivity contribution in [3.63, 3.8) is 0 Å². The van der Waals surface area contributed by atoms with Gasteiger partial charge in [-0.1, -0.05) is 0 Å². The Kier molecular flexibility index (Phi) is 5.11. The van der Waals surface area contributed by atoms with E-state index >= 15 is 0 Å². The first-order chi connectivity index (χ1) is 11.4. The van der Waals surface area contributed by atoms with Crippen molar-refractivity contribution < 1.29 is 23.1 Å². The van der Waals surface area contributed by atoms with E-state index in [4.69, 9.17) is 4.74 Å². The lowest BCUT2D eigenvalue weighted by Gasteiger charge is -2.38. The van der Waals surface area contributed by atoms with Crippen LogP contribution in [0.2, 0.25) is 0 Å². The lowest BCUT2D eigenvalue weighted by Crippen LogP contribution is -2.51. The summed E-state index contributed by atoms with van der Waals surface area (Å²) in [5.74, 6) is -4.50. The number of amides is 1. The molecule has 0 N–H and O–H groups in total. The van der Waals surface area contributed by atoms with Crippen LogP contribution in [0, 0.1) is 6.92 Å². The Morgan fingerprint density at radius 3 is 2.52 bits per heavy atom. The van der Waals surface area contributed by atoms with Gasteiger partial charge in [-0.15, -0.1) is 0 Å². The van der Waals surface area contributed by atoms with E-state index in [9.17, 15) is 18.4 Å². The Balaban J connectivity index is 2.26. The Morgan fingerprint density at radius 1 is 1.36 bits per heavy atom. The molecule has 25 heavy (non-hydrogen) atoms. The number of nitrogens with zero attached hydrogens (tertiary/aromatic N) is 3. The molecule has 8 heteroatoms. The Bertz CT molecular complexity index is 686. The molecule has 1 unspecified atom stereocenters. The molecule has 2 rings (SSSR count). The molecule has 1 aliphatic heterocycles. The number of halogens is 2. The van der Waals surface area contributed by atoms with Crippen LogP contribution in [-0.4, -0.2) is 51.4 Å². The molecule has 138 valence electrons. The zero-order valence-corrected chi connectivity index (χ0v) is 15.1. The highest BCUT2D eigenvalue weighted by Gasteiger charge is 2.49. The molecular weight excluding hydrogens is 332 g/mol. The summed E-state index contributed by atoms with van der Waals surface area (Å²) in [6.45, 7) is 7.26. The molecule has 2 heterocycles. The van der Waals surface area contributed by atoms with Crippen LogP contribution in [0.25, 0.3) is 0 Å². The monoisotopic (exact) mass is 355 g/mol. The first-order valence-corrected chi connectivity index (χ1v) is 8.11. The third-order valence-corrected chi connectivity index (χ3v) is 3.90. The van der Waals surface area contributed by atoms with Crippen molar-refractivity contribution in [2.75, 3.05) is 13.1 Å². The first kappa shape index (κ1) is 19.2. The summed E-state index contributed by atoms with van der Waals surface area (Å²) in [5.41, 5.74) is -0.607. The Morgan fingerprint density at radius 2 is 2.00 bits per heavy atom. The first-order valence-electron chi connectivity index (χ1n) is 8.11. The van der Waals surface area contributed by atoms with Gasteiger partial charge in [-0.05, 0) is 41.0 Å². The molecule has 0 radical (unpaired) electrons. The number of ether oxygens (including phenoxy) is 1. The number of carbonyl (C=O) groups excluding carboxylic acids is 2. The standard InChI is InChI=1S/C17H23F2N3O3/c1-10(23)12-8-20-11(2)21-14(12)13-6-7-22(9-17(13,18)19)15(24)25-16(3,4)5/h8,13H,6-7,9H2,1-5H3. The number of likely N-dealkylation sites (tertiary alicyclic amines) is 1. The highest BCUT2D eigenvalue weighted by atomic mass is 19.3. The molecule has 1 aliphatic rings. The molecule has 6 nitrogen and oxygen atoms in total. The van der Waals surface area contributed by atoms with Crippen molar-refractivity contribution in [1.29, 1.82) is 0 Å². The maximum atomic E-state index is 14.8. The molecule has 1 aromatic rings. The van der Waals surface area contributed by atoms with Gasteiger partial charge in [-0.2, -0.15) is 0 Å². The van der Waals surface area contributed by atoms with Crippen molar-refractivity contribution in [3.05, 3.63) is 23.3 Å². The number of piperidine rings is 1. The van der Waals surface area contributed by atoms with Crippen molar-refractivity contribution in [1.82, 2.24) is 14.9 Å². The van der Waals surface area contributed by atoms with E-state index < -0.39 is 30.1 Å². The van der Waals surface area contributed by atoms with E-state index in [1.165, 1.54) is 13.1 Å². The largest absolute Gasteiger partial charge is 0.444 e. The van der Waals surface area contributed by atoms with Gasteiger partial charge in [-0.3, -0.25) is 4.79 Å². The second-order valence-electron chi connectivity index (χ2n) is 7.28. The Hall–Kier alpha value is -2.12. The number of hydrogen-bond donors (Lipinski definition) is 0. The van der Waals surface area contributed by atoms with Gasteiger partial charge in [0.05, 0.1) is 23.7 Å². The molecule has 0 bridgehead atoms. The summed E-state index contributed by atoms with van der Waals surface area (Å²) in [6, 6.07) is 0. The molecule has 0 spiro atoms. The summed E-state index contributed by atoms with van der Waals surface area (Å²) in [6.07, 6.45) is 0.510. The number of hydrogen-bond acceptors (Lipinski definition) is 5. The number of aromatic nitrogens is 2. The summed E-state index contributed by atoms with van der Waals surface area (Å²) < 4.78 is 34.7. The van der Waals surface area contributed by atoms with Crippen LogP contribution in [0.4, 0.5) is 13.6 Å². The van der Waals surface area contributed by atoms with Crippen LogP contribution in [0.15, 0.2) is 6.20 Å². The molecule has 1 fully saturated rings. The molecule has 0 aliphatic carbocycles. The number of carbonyl (C=O) groups is 2. The summed E-state index contributed by atoms with van der Waals surface area (Å²) in [7, 11) is 0. The predicted octanol–water partition coefficient (Wildman–Crippen LogP) is 3.35. The zero-order valence-electron chi connectivity index (χ0n) is 15.1. The van der Waals surface area contributed by atoms with Crippen LogP contribution >= 0.6 is 0 Å². The normalized spacial score (nSPS) is 20.3. The number of aryl methyl sites for hydroxylation is 1. The second kappa shape index (κ2) is 6.65. The average molecular weight is 355 g/mol. The van der Waals surface area contributed by atoms with Crippen LogP contribution in [0.5, 0.6) is 0 Å². The van der Waals surface area contributed by atoms with Gasteiger partial charge in [-0.25, -0.2) is 23.5 Å². The lowest BCUT2D eigenvalue weighted by atomic mass is 9.87. The van der Waals surface area contributed by atoms with Crippen molar-refractivity contribution >= 4 is 11.9 Å².